The molecule has 0 saturated carbocycles. The van der Waals surface area contributed by atoms with Crippen molar-refractivity contribution in [3.05, 3.63) is 24.3 Å². The lowest BCUT2D eigenvalue weighted by atomic mass is 10.1. The van der Waals surface area contributed by atoms with Crippen molar-refractivity contribution in [3.63, 3.8) is 0 Å². The quantitative estimate of drug-likeness (QED) is 0.792. The van der Waals surface area contributed by atoms with Gasteiger partial charge < -0.3 is 10.1 Å². The summed E-state index contributed by atoms with van der Waals surface area (Å²) in [7, 11) is 0. The van der Waals surface area contributed by atoms with Crippen molar-refractivity contribution >= 4 is 17.5 Å². The van der Waals surface area contributed by atoms with E-state index in [1.165, 1.54) is 0 Å². The lowest BCUT2D eigenvalue weighted by molar-refractivity contribution is -0.133. The molecule has 1 aromatic carbocycles. The van der Waals surface area contributed by atoms with E-state index >= 15 is 0 Å². The van der Waals surface area contributed by atoms with E-state index in [1.807, 2.05) is 24.3 Å². The van der Waals surface area contributed by atoms with Crippen LogP contribution >= 0.6 is 0 Å². The smallest absolute Gasteiger partial charge is 0.249 e. The highest BCUT2D eigenvalue weighted by Crippen LogP contribution is 2.18. The third-order valence-corrected chi connectivity index (χ3v) is 2.91. The van der Waals surface area contributed by atoms with E-state index < -0.39 is 0 Å². The molecule has 0 bridgehead atoms. The highest BCUT2D eigenvalue weighted by molar-refractivity contribution is 6.01. The van der Waals surface area contributed by atoms with Crippen molar-refractivity contribution < 1.29 is 14.3 Å². The van der Waals surface area contributed by atoms with Crippen LogP contribution in [0.2, 0.25) is 0 Å². The van der Waals surface area contributed by atoms with Crippen LogP contribution < -0.4 is 15.4 Å². The Labute approximate surface area is 112 Å². The van der Waals surface area contributed by atoms with Gasteiger partial charge >= 0.3 is 0 Å². The standard InChI is InChI=1S/C14H18N2O3/c1-2-9-19-11-5-3-10(4-6-11)15-12-7-8-13(17)16-14(12)18/h3-6,12,15H,2,7-9H2,1H3,(H,16,17,18). The number of anilines is 1. The van der Waals surface area contributed by atoms with Crippen LogP contribution in [0.15, 0.2) is 24.3 Å². The summed E-state index contributed by atoms with van der Waals surface area (Å²) in [6.45, 7) is 2.75. The molecule has 102 valence electrons. The molecule has 2 rings (SSSR count). The Balaban J connectivity index is 1.92. The molecule has 5 heteroatoms. The SMILES string of the molecule is CCCOc1ccc(NC2CCC(=O)NC2=O)cc1. The number of hydrogen-bond donors (Lipinski definition) is 2. The minimum Gasteiger partial charge on any atom is -0.494 e. The topological polar surface area (TPSA) is 67.4 Å². The summed E-state index contributed by atoms with van der Waals surface area (Å²) in [5.41, 5.74) is 0.846. The van der Waals surface area contributed by atoms with Crippen LogP contribution in [-0.4, -0.2) is 24.5 Å². The normalized spacial score (nSPS) is 18.9. The van der Waals surface area contributed by atoms with Gasteiger partial charge in [0, 0.05) is 12.1 Å². The number of piperidine rings is 1. The van der Waals surface area contributed by atoms with Gasteiger partial charge in [-0.3, -0.25) is 14.9 Å². The van der Waals surface area contributed by atoms with Gasteiger partial charge in [0.2, 0.25) is 11.8 Å². The molecule has 0 aromatic heterocycles. The van der Waals surface area contributed by atoms with E-state index in [4.69, 9.17) is 4.74 Å². The fraction of sp³-hybridized carbons (Fsp3) is 0.429. The number of carbonyl (C=O) groups is 2. The number of nitrogens with one attached hydrogen (secondary N) is 2. The molecule has 1 unspecified atom stereocenters. The summed E-state index contributed by atoms with van der Waals surface area (Å²) in [6.07, 6.45) is 1.87. The monoisotopic (exact) mass is 262 g/mol. The predicted molar refractivity (Wildman–Crippen MR) is 72.0 cm³/mol. The molecule has 5 nitrogen and oxygen atoms in total. The summed E-state index contributed by atoms with van der Waals surface area (Å²) >= 11 is 0. The summed E-state index contributed by atoms with van der Waals surface area (Å²) in [5, 5.41) is 5.44. The van der Waals surface area contributed by atoms with E-state index in [2.05, 4.69) is 17.6 Å². The molecule has 1 saturated heterocycles. The predicted octanol–water partition coefficient (Wildman–Crippen LogP) is 1.69. The maximum atomic E-state index is 11.6. The van der Waals surface area contributed by atoms with Crippen LogP contribution in [0.5, 0.6) is 5.75 Å². The lowest BCUT2D eigenvalue weighted by Crippen LogP contribution is -2.47. The van der Waals surface area contributed by atoms with Crippen LogP contribution in [0.4, 0.5) is 5.69 Å². The molecule has 1 aromatic rings. The van der Waals surface area contributed by atoms with E-state index in [0.29, 0.717) is 19.4 Å². The molecule has 19 heavy (non-hydrogen) atoms. The van der Waals surface area contributed by atoms with Gasteiger partial charge in [-0.05, 0) is 37.1 Å². The fourth-order valence-corrected chi connectivity index (χ4v) is 1.90. The highest BCUT2D eigenvalue weighted by atomic mass is 16.5. The minimum absolute atomic E-state index is 0.202. The van der Waals surface area contributed by atoms with Gasteiger partial charge in [0.05, 0.1) is 6.61 Å². The number of carbonyl (C=O) groups excluding carboxylic acids is 2. The summed E-state index contributed by atoms with van der Waals surface area (Å²) in [4.78, 5) is 22.6. The maximum absolute atomic E-state index is 11.6. The highest BCUT2D eigenvalue weighted by Gasteiger charge is 2.26. The number of benzene rings is 1. The van der Waals surface area contributed by atoms with Gasteiger partial charge in [0.25, 0.3) is 0 Å². The number of rotatable bonds is 5. The maximum Gasteiger partial charge on any atom is 0.249 e. The minimum atomic E-state index is -0.347. The first kappa shape index (κ1) is 13.4. The van der Waals surface area contributed by atoms with Gasteiger partial charge in [0.15, 0.2) is 0 Å². The summed E-state index contributed by atoms with van der Waals surface area (Å²) in [6, 6.07) is 7.12. The Morgan fingerprint density at radius 3 is 2.68 bits per heavy atom. The molecule has 0 radical (unpaired) electrons. The van der Waals surface area contributed by atoms with Crippen molar-refractivity contribution in [2.24, 2.45) is 0 Å². The van der Waals surface area contributed by atoms with Crippen LogP contribution in [0.3, 0.4) is 0 Å². The lowest BCUT2D eigenvalue weighted by Gasteiger charge is -2.22. The van der Waals surface area contributed by atoms with Crippen LogP contribution in [0, 0.1) is 0 Å². The number of ether oxygens (including phenoxy) is 1. The van der Waals surface area contributed by atoms with E-state index in [1.54, 1.807) is 0 Å². The van der Waals surface area contributed by atoms with Gasteiger partial charge in [-0.15, -0.1) is 0 Å². The van der Waals surface area contributed by atoms with Crippen LogP contribution in [-0.2, 0) is 9.59 Å². The first-order chi connectivity index (χ1) is 9.19. The van der Waals surface area contributed by atoms with E-state index in [-0.39, 0.29) is 17.9 Å². The molecular formula is C14H18N2O3. The van der Waals surface area contributed by atoms with Crippen molar-refractivity contribution in [3.8, 4) is 5.75 Å². The Bertz CT molecular complexity index is 456. The molecule has 1 atom stereocenters. The summed E-state index contributed by atoms with van der Waals surface area (Å²) in [5.74, 6) is 0.351. The third-order valence-electron chi connectivity index (χ3n) is 2.91. The average molecular weight is 262 g/mol. The van der Waals surface area contributed by atoms with Crippen molar-refractivity contribution in [1.29, 1.82) is 0 Å². The molecule has 1 fully saturated rings. The zero-order chi connectivity index (χ0) is 13.7. The van der Waals surface area contributed by atoms with Gasteiger partial charge in [-0.2, -0.15) is 0 Å². The van der Waals surface area contributed by atoms with E-state index in [0.717, 1.165) is 17.9 Å². The Kier molecular flexibility index (Phi) is 4.39. The Morgan fingerprint density at radius 2 is 2.05 bits per heavy atom. The molecular weight excluding hydrogens is 244 g/mol. The largest absolute Gasteiger partial charge is 0.494 e. The van der Waals surface area contributed by atoms with Crippen molar-refractivity contribution in [1.82, 2.24) is 5.32 Å². The molecule has 0 spiro atoms. The van der Waals surface area contributed by atoms with Crippen LogP contribution in [0.25, 0.3) is 0 Å². The third kappa shape index (κ3) is 3.71. The van der Waals surface area contributed by atoms with E-state index in [9.17, 15) is 9.59 Å². The number of amides is 2. The number of imide groups is 1. The fourth-order valence-electron chi connectivity index (χ4n) is 1.90. The van der Waals surface area contributed by atoms with Crippen molar-refractivity contribution in [2.45, 2.75) is 32.2 Å². The Morgan fingerprint density at radius 1 is 1.32 bits per heavy atom. The second-order valence-electron chi connectivity index (χ2n) is 4.52. The molecule has 1 aliphatic rings. The molecule has 2 amide bonds. The second-order valence-corrected chi connectivity index (χ2v) is 4.52. The molecule has 2 N–H and O–H groups in total. The van der Waals surface area contributed by atoms with Gasteiger partial charge in [-0.25, -0.2) is 0 Å². The van der Waals surface area contributed by atoms with Crippen LogP contribution in [0.1, 0.15) is 26.2 Å². The van der Waals surface area contributed by atoms with Gasteiger partial charge in [-0.1, -0.05) is 6.92 Å². The zero-order valence-electron chi connectivity index (χ0n) is 10.9. The molecule has 1 aliphatic heterocycles. The Hall–Kier alpha value is -2.04. The zero-order valence-corrected chi connectivity index (χ0v) is 10.9. The first-order valence-corrected chi connectivity index (χ1v) is 6.52. The average Bonchev–Trinajstić information content (AvgIpc) is 2.41. The molecule has 0 aliphatic carbocycles. The second kappa shape index (κ2) is 6.22. The number of hydrogen-bond acceptors (Lipinski definition) is 4. The first-order valence-electron chi connectivity index (χ1n) is 6.52. The molecule has 1 heterocycles. The van der Waals surface area contributed by atoms with Crippen molar-refractivity contribution in [2.75, 3.05) is 11.9 Å². The summed E-state index contributed by atoms with van der Waals surface area (Å²) < 4.78 is 5.48. The van der Waals surface area contributed by atoms with Gasteiger partial charge in [0.1, 0.15) is 11.8 Å².